The minimum Gasteiger partial charge on any atom is -0.341 e. The van der Waals surface area contributed by atoms with Crippen molar-refractivity contribution in [3.05, 3.63) is 0 Å². The van der Waals surface area contributed by atoms with E-state index in [0.717, 1.165) is 38.4 Å². The van der Waals surface area contributed by atoms with Crippen molar-refractivity contribution < 1.29 is 4.79 Å². The summed E-state index contributed by atoms with van der Waals surface area (Å²) in [5.74, 6) is 1.96. The maximum absolute atomic E-state index is 12.5. The second-order valence-corrected chi connectivity index (χ2v) is 7.42. The highest BCUT2D eigenvalue weighted by atomic mass is 35.5. The summed E-state index contributed by atoms with van der Waals surface area (Å²) in [7, 11) is 0. The third-order valence-corrected chi connectivity index (χ3v) is 5.58. The standard InChI is InChI=1S/C17H31N3O.2ClH/c1-14-6-10-19(11-7-14)12-15-4-3-9-20(13-15)17(21)16-5-2-8-18-16;;/h14-16,18H,2-13H2,1H3;2*1H. The van der Waals surface area contributed by atoms with E-state index in [4.69, 9.17) is 0 Å². The normalized spacial score (nSPS) is 29.7. The highest BCUT2D eigenvalue weighted by molar-refractivity contribution is 5.85. The van der Waals surface area contributed by atoms with Crippen LogP contribution >= 0.6 is 24.8 Å². The number of amides is 1. The molecule has 3 aliphatic heterocycles. The molecule has 0 aromatic rings. The first-order valence-corrected chi connectivity index (χ1v) is 8.97. The van der Waals surface area contributed by atoms with Gasteiger partial charge in [0.25, 0.3) is 0 Å². The lowest BCUT2D eigenvalue weighted by atomic mass is 9.94. The Morgan fingerprint density at radius 2 is 1.78 bits per heavy atom. The van der Waals surface area contributed by atoms with E-state index in [1.807, 2.05) is 0 Å². The maximum Gasteiger partial charge on any atom is 0.239 e. The van der Waals surface area contributed by atoms with Gasteiger partial charge in [-0.3, -0.25) is 4.79 Å². The molecular weight excluding hydrogens is 333 g/mol. The molecular formula is C17H33Cl2N3O. The van der Waals surface area contributed by atoms with Gasteiger partial charge >= 0.3 is 0 Å². The number of nitrogens with zero attached hydrogens (tertiary/aromatic N) is 2. The van der Waals surface area contributed by atoms with Crippen LogP contribution in [0.1, 0.15) is 45.4 Å². The van der Waals surface area contributed by atoms with E-state index in [1.54, 1.807) is 0 Å². The Hall–Kier alpha value is -0.0300. The molecule has 1 N–H and O–H groups in total. The smallest absolute Gasteiger partial charge is 0.239 e. The molecule has 3 aliphatic rings. The van der Waals surface area contributed by atoms with E-state index in [-0.39, 0.29) is 30.9 Å². The minimum atomic E-state index is 0. The van der Waals surface area contributed by atoms with Gasteiger partial charge in [0, 0.05) is 19.6 Å². The van der Waals surface area contributed by atoms with Crippen molar-refractivity contribution in [1.29, 1.82) is 0 Å². The molecule has 2 unspecified atom stereocenters. The lowest BCUT2D eigenvalue weighted by molar-refractivity contribution is -0.135. The van der Waals surface area contributed by atoms with E-state index in [9.17, 15) is 4.79 Å². The number of nitrogens with one attached hydrogen (secondary N) is 1. The Kier molecular flexibility index (Phi) is 9.20. The molecule has 2 atom stereocenters. The van der Waals surface area contributed by atoms with E-state index in [2.05, 4.69) is 22.0 Å². The van der Waals surface area contributed by atoms with Crippen LogP contribution in [0.2, 0.25) is 0 Å². The van der Waals surface area contributed by atoms with Crippen LogP contribution in [-0.2, 0) is 4.79 Å². The first-order chi connectivity index (χ1) is 10.2. The van der Waals surface area contributed by atoms with Crippen LogP contribution in [0, 0.1) is 11.8 Å². The number of hydrogen-bond acceptors (Lipinski definition) is 3. The molecule has 3 saturated heterocycles. The highest BCUT2D eigenvalue weighted by Crippen LogP contribution is 2.23. The number of halogens is 2. The van der Waals surface area contributed by atoms with Crippen molar-refractivity contribution in [3.63, 3.8) is 0 Å². The van der Waals surface area contributed by atoms with Crippen molar-refractivity contribution in [2.24, 2.45) is 11.8 Å². The summed E-state index contributed by atoms with van der Waals surface area (Å²) in [6, 6.07) is 0.111. The van der Waals surface area contributed by atoms with Gasteiger partial charge < -0.3 is 15.1 Å². The molecule has 0 spiro atoms. The Morgan fingerprint density at radius 3 is 2.43 bits per heavy atom. The van der Waals surface area contributed by atoms with Gasteiger partial charge in [0.15, 0.2) is 0 Å². The molecule has 4 nitrogen and oxygen atoms in total. The molecule has 3 heterocycles. The van der Waals surface area contributed by atoms with E-state index < -0.39 is 0 Å². The molecule has 136 valence electrons. The van der Waals surface area contributed by atoms with Gasteiger partial charge in [-0.25, -0.2) is 0 Å². The van der Waals surface area contributed by atoms with Crippen molar-refractivity contribution in [2.45, 2.75) is 51.5 Å². The molecule has 0 saturated carbocycles. The number of rotatable bonds is 3. The van der Waals surface area contributed by atoms with Crippen molar-refractivity contribution in [2.75, 3.05) is 39.3 Å². The summed E-state index contributed by atoms with van der Waals surface area (Å²) in [6.07, 6.45) is 7.37. The zero-order valence-corrected chi connectivity index (χ0v) is 16.0. The van der Waals surface area contributed by atoms with Gasteiger partial charge in [0.1, 0.15) is 0 Å². The highest BCUT2D eigenvalue weighted by Gasteiger charge is 2.31. The third-order valence-electron chi connectivity index (χ3n) is 5.58. The molecule has 0 aromatic carbocycles. The number of carbonyl (C=O) groups is 1. The SMILES string of the molecule is CC1CCN(CC2CCCN(C(=O)C3CCCN3)C2)CC1.Cl.Cl. The quantitative estimate of drug-likeness (QED) is 0.834. The molecule has 0 bridgehead atoms. The number of carbonyl (C=O) groups excluding carboxylic acids is 1. The first-order valence-electron chi connectivity index (χ1n) is 8.97. The number of likely N-dealkylation sites (tertiary alicyclic amines) is 2. The molecule has 0 aliphatic carbocycles. The fourth-order valence-corrected chi connectivity index (χ4v) is 4.14. The molecule has 3 rings (SSSR count). The minimum absolute atomic E-state index is 0. The van der Waals surface area contributed by atoms with Crippen LogP contribution in [-0.4, -0.2) is 61.0 Å². The van der Waals surface area contributed by atoms with Gasteiger partial charge in [0.05, 0.1) is 6.04 Å². The van der Waals surface area contributed by atoms with Gasteiger partial charge in [0.2, 0.25) is 5.91 Å². The summed E-state index contributed by atoms with van der Waals surface area (Å²) >= 11 is 0. The Labute approximate surface area is 153 Å². The lowest BCUT2D eigenvalue weighted by Gasteiger charge is -2.38. The molecule has 1 amide bonds. The Balaban J connectivity index is 0.00000132. The Morgan fingerprint density at radius 1 is 1.04 bits per heavy atom. The fraction of sp³-hybridized carbons (Fsp3) is 0.941. The summed E-state index contributed by atoms with van der Waals surface area (Å²) < 4.78 is 0. The number of hydrogen-bond donors (Lipinski definition) is 1. The second-order valence-electron chi connectivity index (χ2n) is 7.42. The van der Waals surface area contributed by atoms with E-state index in [1.165, 1.54) is 45.3 Å². The van der Waals surface area contributed by atoms with Gasteiger partial charge in [-0.1, -0.05) is 6.92 Å². The molecule has 23 heavy (non-hydrogen) atoms. The van der Waals surface area contributed by atoms with Crippen LogP contribution in [0.15, 0.2) is 0 Å². The zero-order valence-electron chi connectivity index (χ0n) is 14.3. The largest absolute Gasteiger partial charge is 0.341 e. The lowest BCUT2D eigenvalue weighted by Crippen LogP contribution is -2.50. The average Bonchev–Trinajstić information content (AvgIpc) is 3.03. The van der Waals surface area contributed by atoms with Gasteiger partial charge in [-0.05, 0) is 70.0 Å². The van der Waals surface area contributed by atoms with Crippen molar-refractivity contribution >= 4 is 30.7 Å². The molecule has 0 aromatic heterocycles. The van der Waals surface area contributed by atoms with Crippen molar-refractivity contribution in [3.8, 4) is 0 Å². The summed E-state index contributed by atoms with van der Waals surface area (Å²) in [4.78, 5) is 17.3. The molecule has 6 heteroatoms. The monoisotopic (exact) mass is 365 g/mol. The van der Waals surface area contributed by atoms with Crippen molar-refractivity contribution in [1.82, 2.24) is 15.1 Å². The average molecular weight is 366 g/mol. The third kappa shape index (κ3) is 5.77. The first kappa shape index (κ1) is 21.0. The Bertz CT molecular complexity index is 356. The summed E-state index contributed by atoms with van der Waals surface area (Å²) in [6.45, 7) is 9.07. The van der Waals surface area contributed by atoms with Gasteiger partial charge in [-0.2, -0.15) is 0 Å². The summed E-state index contributed by atoms with van der Waals surface area (Å²) in [5, 5.41) is 3.35. The predicted molar refractivity (Wildman–Crippen MR) is 99.7 cm³/mol. The van der Waals surface area contributed by atoms with Crippen LogP contribution in [0.4, 0.5) is 0 Å². The summed E-state index contributed by atoms with van der Waals surface area (Å²) in [5.41, 5.74) is 0. The maximum atomic E-state index is 12.5. The molecule has 0 radical (unpaired) electrons. The predicted octanol–water partition coefficient (Wildman–Crippen LogP) is 2.55. The molecule has 3 fully saturated rings. The topological polar surface area (TPSA) is 35.6 Å². The number of piperidine rings is 2. The van der Waals surface area contributed by atoms with Gasteiger partial charge in [-0.15, -0.1) is 24.8 Å². The van der Waals surface area contributed by atoms with Crippen LogP contribution in [0.3, 0.4) is 0 Å². The fourth-order valence-electron chi connectivity index (χ4n) is 4.14. The van der Waals surface area contributed by atoms with E-state index >= 15 is 0 Å². The van der Waals surface area contributed by atoms with Crippen LogP contribution in [0.5, 0.6) is 0 Å². The van der Waals surface area contributed by atoms with Crippen LogP contribution < -0.4 is 5.32 Å². The second kappa shape index (κ2) is 10.1. The zero-order chi connectivity index (χ0) is 14.7. The van der Waals surface area contributed by atoms with E-state index in [0.29, 0.717) is 11.8 Å². The van der Waals surface area contributed by atoms with Crippen LogP contribution in [0.25, 0.3) is 0 Å².